The summed E-state index contributed by atoms with van der Waals surface area (Å²) < 4.78 is 39.2. The maximum absolute atomic E-state index is 13.3. The SMILES string of the molecule is CC(C)(CN)NC(=O)c1c(F)cc(F)cc1F. The summed E-state index contributed by atoms with van der Waals surface area (Å²) >= 11 is 0. The Bertz CT molecular complexity index is 423. The molecule has 0 saturated heterocycles. The molecule has 0 aliphatic carbocycles. The van der Waals surface area contributed by atoms with Crippen molar-refractivity contribution in [3.05, 3.63) is 35.1 Å². The molecule has 1 amide bonds. The zero-order chi connectivity index (χ0) is 13.2. The lowest BCUT2D eigenvalue weighted by atomic mass is 10.0. The highest BCUT2D eigenvalue weighted by molar-refractivity contribution is 5.95. The first-order valence-corrected chi connectivity index (χ1v) is 4.94. The molecule has 3 N–H and O–H groups in total. The number of benzene rings is 1. The van der Waals surface area contributed by atoms with Crippen molar-refractivity contribution in [1.29, 1.82) is 0 Å². The zero-order valence-corrected chi connectivity index (χ0v) is 9.48. The molecule has 17 heavy (non-hydrogen) atoms. The Morgan fingerprint density at radius 2 is 1.76 bits per heavy atom. The van der Waals surface area contributed by atoms with Crippen LogP contribution in [-0.4, -0.2) is 18.0 Å². The van der Waals surface area contributed by atoms with Gasteiger partial charge in [0.25, 0.3) is 5.91 Å². The van der Waals surface area contributed by atoms with Gasteiger partial charge in [-0.05, 0) is 13.8 Å². The third kappa shape index (κ3) is 3.20. The molecule has 0 radical (unpaired) electrons. The Labute approximate surface area is 96.8 Å². The van der Waals surface area contributed by atoms with Crippen molar-refractivity contribution in [2.45, 2.75) is 19.4 Å². The molecular weight excluding hydrogens is 233 g/mol. The molecule has 0 unspecified atom stereocenters. The van der Waals surface area contributed by atoms with E-state index in [9.17, 15) is 18.0 Å². The quantitative estimate of drug-likeness (QED) is 0.850. The number of amides is 1. The van der Waals surface area contributed by atoms with Crippen LogP contribution in [0.1, 0.15) is 24.2 Å². The van der Waals surface area contributed by atoms with Crippen molar-refractivity contribution < 1.29 is 18.0 Å². The van der Waals surface area contributed by atoms with Crippen LogP contribution in [0.15, 0.2) is 12.1 Å². The van der Waals surface area contributed by atoms with E-state index in [1.807, 2.05) is 0 Å². The number of nitrogens with one attached hydrogen (secondary N) is 1. The van der Waals surface area contributed by atoms with Gasteiger partial charge < -0.3 is 11.1 Å². The van der Waals surface area contributed by atoms with Crippen molar-refractivity contribution in [2.24, 2.45) is 5.73 Å². The van der Waals surface area contributed by atoms with Gasteiger partial charge in [-0.1, -0.05) is 0 Å². The second-order valence-corrected chi connectivity index (χ2v) is 4.29. The summed E-state index contributed by atoms with van der Waals surface area (Å²) in [6, 6.07) is 0.904. The van der Waals surface area contributed by atoms with Gasteiger partial charge >= 0.3 is 0 Å². The third-order valence-corrected chi connectivity index (χ3v) is 2.20. The minimum absolute atomic E-state index is 0.100. The van der Waals surface area contributed by atoms with Gasteiger partial charge in [-0.2, -0.15) is 0 Å². The molecule has 0 aliphatic rings. The van der Waals surface area contributed by atoms with Gasteiger partial charge in [0, 0.05) is 24.2 Å². The standard InChI is InChI=1S/C11H13F3N2O/c1-11(2,5-15)16-10(17)9-7(13)3-6(12)4-8(9)14/h3-4H,5,15H2,1-2H3,(H,16,17). The average Bonchev–Trinajstić information content (AvgIpc) is 2.14. The van der Waals surface area contributed by atoms with Gasteiger partial charge in [0.2, 0.25) is 0 Å². The van der Waals surface area contributed by atoms with Crippen LogP contribution in [0.4, 0.5) is 13.2 Å². The van der Waals surface area contributed by atoms with E-state index < -0.39 is 34.5 Å². The molecule has 0 fully saturated rings. The Morgan fingerprint density at radius 3 is 2.18 bits per heavy atom. The molecule has 94 valence electrons. The van der Waals surface area contributed by atoms with Crippen LogP contribution < -0.4 is 11.1 Å². The first-order chi connectivity index (χ1) is 7.76. The second-order valence-electron chi connectivity index (χ2n) is 4.29. The average molecular weight is 246 g/mol. The second kappa shape index (κ2) is 4.75. The maximum Gasteiger partial charge on any atom is 0.257 e. The van der Waals surface area contributed by atoms with Crippen molar-refractivity contribution in [2.75, 3.05) is 6.54 Å². The number of halogens is 3. The van der Waals surface area contributed by atoms with E-state index in [1.165, 1.54) is 0 Å². The number of hydrogen-bond donors (Lipinski definition) is 2. The van der Waals surface area contributed by atoms with Crippen LogP contribution in [-0.2, 0) is 0 Å². The van der Waals surface area contributed by atoms with Gasteiger partial charge in [0.15, 0.2) is 0 Å². The minimum atomic E-state index is -1.24. The predicted octanol–water partition coefficient (Wildman–Crippen LogP) is 1.57. The maximum atomic E-state index is 13.3. The van der Waals surface area contributed by atoms with Gasteiger partial charge in [0.05, 0.1) is 0 Å². The monoisotopic (exact) mass is 246 g/mol. The Kier molecular flexibility index (Phi) is 3.77. The van der Waals surface area contributed by atoms with Gasteiger partial charge in [-0.25, -0.2) is 13.2 Å². The summed E-state index contributed by atoms with van der Waals surface area (Å²) in [7, 11) is 0. The molecule has 0 atom stereocenters. The van der Waals surface area contributed by atoms with E-state index in [2.05, 4.69) is 5.32 Å². The lowest BCUT2D eigenvalue weighted by Crippen LogP contribution is -2.49. The van der Waals surface area contributed by atoms with Crippen LogP contribution in [0.5, 0.6) is 0 Å². The molecule has 0 spiro atoms. The van der Waals surface area contributed by atoms with Crippen molar-refractivity contribution in [1.82, 2.24) is 5.32 Å². The molecule has 0 aromatic heterocycles. The van der Waals surface area contributed by atoms with Crippen LogP contribution in [0.25, 0.3) is 0 Å². The lowest BCUT2D eigenvalue weighted by molar-refractivity contribution is 0.0907. The van der Waals surface area contributed by atoms with E-state index >= 15 is 0 Å². The van der Waals surface area contributed by atoms with Gasteiger partial charge in [-0.15, -0.1) is 0 Å². The molecule has 0 aliphatic heterocycles. The molecule has 0 heterocycles. The summed E-state index contributed by atoms with van der Waals surface area (Å²) in [5.74, 6) is -4.52. The topological polar surface area (TPSA) is 55.1 Å². The number of carbonyl (C=O) groups is 1. The van der Waals surface area contributed by atoms with Crippen molar-refractivity contribution >= 4 is 5.91 Å². The summed E-state index contributed by atoms with van der Waals surface area (Å²) in [6.07, 6.45) is 0. The molecular formula is C11H13F3N2O. The first-order valence-electron chi connectivity index (χ1n) is 4.94. The normalized spacial score (nSPS) is 11.4. The Morgan fingerprint density at radius 1 is 1.29 bits per heavy atom. The Balaban J connectivity index is 3.05. The number of hydrogen-bond acceptors (Lipinski definition) is 2. The molecule has 0 saturated carbocycles. The highest BCUT2D eigenvalue weighted by atomic mass is 19.1. The zero-order valence-electron chi connectivity index (χ0n) is 9.48. The summed E-state index contributed by atoms with van der Waals surface area (Å²) in [4.78, 5) is 11.6. The molecule has 0 bridgehead atoms. The fraction of sp³-hybridized carbons (Fsp3) is 0.364. The fourth-order valence-corrected chi connectivity index (χ4v) is 1.18. The smallest absolute Gasteiger partial charge is 0.257 e. The lowest BCUT2D eigenvalue weighted by Gasteiger charge is -2.24. The number of carbonyl (C=O) groups excluding carboxylic acids is 1. The summed E-state index contributed by atoms with van der Waals surface area (Å²) in [6.45, 7) is 3.30. The van der Waals surface area contributed by atoms with Crippen LogP contribution >= 0.6 is 0 Å². The molecule has 6 heteroatoms. The van der Waals surface area contributed by atoms with E-state index in [1.54, 1.807) is 13.8 Å². The summed E-state index contributed by atoms with van der Waals surface area (Å²) in [5.41, 5.74) is 3.76. The fourth-order valence-electron chi connectivity index (χ4n) is 1.18. The predicted molar refractivity (Wildman–Crippen MR) is 56.9 cm³/mol. The van der Waals surface area contributed by atoms with Crippen LogP contribution in [0.2, 0.25) is 0 Å². The Hall–Kier alpha value is -1.56. The van der Waals surface area contributed by atoms with Gasteiger partial charge in [-0.3, -0.25) is 4.79 Å². The molecule has 1 rings (SSSR count). The molecule has 1 aromatic carbocycles. The van der Waals surface area contributed by atoms with E-state index in [-0.39, 0.29) is 6.54 Å². The largest absolute Gasteiger partial charge is 0.346 e. The first kappa shape index (κ1) is 13.5. The highest BCUT2D eigenvalue weighted by Gasteiger charge is 2.24. The van der Waals surface area contributed by atoms with E-state index in [0.717, 1.165) is 0 Å². The minimum Gasteiger partial charge on any atom is -0.346 e. The number of nitrogens with two attached hydrogens (primary N) is 1. The third-order valence-electron chi connectivity index (χ3n) is 2.20. The van der Waals surface area contributed by atoms with Crippen LogP contribution in [0, 0.1) is 17.5 Å². The number of rotatable bonds is 3. The van der Waals surface area contributed by atoms with Crippen molar-refractivity contribution in [3.63, 3.8) is 0 Å². The van der Waals surface area contributed by atoms with Crippen molar-refractivity contribution in [3.8, 4) is 0 Å². The van der Waals surface area contributed by atoms with E-state index in [4.69, 9.17) is 5.73 Å². The molecule has 1 aromatic rings. The summed E-state index contributed by atoms with van der Waals surface area (Å²) in [5, 5.41) is 2.36. The highest BCUT2D eigenvalue weighted by Crippen LogP contribution is 2.15. The molecule has 3 nitrogen and oxygen atoms in total. The van der Waals surface area contributed by atoms with E-state index in [0.29, 0.717) is 12.1 Å². The van der Waals surface area contributed by atoms with Gasteiger partial charge in [0.1, 0.15) is 23.0 Å². The van der Waals surface area contributed by atoms with Crippen LogP contribution in [0.3, 0.4) is 0 Å².